The number of rotatable bonds is 1. The highest BCUT2D eigenvalue weighted by molar-refractivity contribution is 5.81. The number of hydrogen-bond acceptors (Lipinski definition) is 2. The second-order valence-corrected chi connectivity index (χ2v) is 4.17. The molecule has 0 aliphatic rings. The molecule has 0 spiro atoms. The van der Waals surface area contributed by atoms with Crippen LogP contribution in [0.15, 0.2) is 36.7 Å². The van der Waals surface area contributed by atoms with Crippen LogP contribution < -0.4 is 0 Å². The molecule has 0 amide bonds. The fourth-order valence-electron chi connectivity index (χ4n) is 1.91. The third-order valence-electron chi connectivity index (χ3n) is 2.83. The molecule has 3 nitrogen and oxygen atoms in total. The molecule has 1 aromatic heterocycles. The Morgan fingerprint density at radius 3 is 2.40 bits per heavy atom. The number of alkyl halides is 3. The van der Waals surface area contributed by atoms with Crippen LogP contribution in [0.2, 0.25) is 0 Å². The molecule has 0 saturated carbocycles. The summed E-state index contributed by atoms with van der Waals surface area (Å²) < 4.78 is 40.0. The van der Waals surface area contributed by atoms with Gasteiger partial charge < -0.3 is 0 Å². The van der Waals surface area contributed by atoms with Crippen molar-refractivity contribution in [2.45, 2.75) is 13.1 Å². The zero-order valence-electron chi connectivity index (χ0n) is 10.4. The number of carbonyl (C=O) groups is 1. The molecule has 20 heavy (non-hydrogen) atoms. The number of halogens is 3. The number of benzene rings is 1. The van der Waals surface area contributed by atoms with Gasteiger partial charge in [0.15, 0.2) is 0 Å². The molecular formula is C14H9F3N2O. The van der Waals surface area contributed by atoms with Crippen molar-refractivity contribution in [2.75, 3.05) is 0 Å². The third-order valence-corrected chi connectivity index (χ3v) is 2.83. The summed E-state index contributed by atoms with van der Waals surface area (Å²) in [5.41, 5.74) is -0.832. The zero-order valence-corrected chi connectivity index (χ0v) is 10.4. The second-order valence-electron chi connectivity index (χ2n) is 4.17. The van der Waals surface area contributed by atoms with Gasteiger partial charge in [-0.05, 0) is 11.6 Å². The molecule has 0 aliphatic heterocycles. The van der Waals surface area contributed by atoms with E-state index in [0.717, 1.165) is 10.6 Å². The Bertz CT molecular complexity index is 708. The van der Waals surface area contributed by atoms with Crippen LogP contribution in [0.25, 0.3) is 11.1 Å². The van der Waals surface area contributed by atoms with Gasteiger partial charge in [0.25, 0.3) is 0 Å². The summed E-state index contributed by atoms with van der Waals surface area (Å²) >= 11 is 0. The molecule has 1 heterocycles. The number of nitriles is 1. The van der Waals surface area contributed by atoms with E-state index in [1.807, 2.05) is 6.07 Å². The van der Waals surface area contributed by atoms with Gasteiger partial charge in [-0.2, -0.15) is 18.4 Å². The lowest BCUT2D eigenvalue weighted by molar-refractivity contribution is -0.137. The highest BCUT2D eigenvalue weighted by Crippen LogP contribution is 2.38. The largest absolute Gasteiger partial charge is 0.417 e. The Hall–Kier alpha value is -2.55. The van der Waals surface area contributed by atoms with E-state index in [-0.39, 0.29) is 22.6 Å². The van der Waals surface area contributed by atoms with Gasteiger partial charge in [0, 0.05) is 24.9 Å². The first-order chi connectivity index (χ1) is 9.34. The Labute approximate surface area is 112 Å². The zero-order chi connectivity index (χ0) is 14.9. The van der Waals surface area contributed by atoms with Crippen molar-refractivity contribution in [1.82, 2.24) is 4.57 Å². The average molecular weight is 278 g/mol. The maximum atomic E-state index is 13.0. The molecule has 0 radical (unpaired) electrons. The van der Waals surface area contributed by atoms with Crippen molar-refractivity contribution in [1.29, 1.82) is 5.26 Å². The minimum absolute atomic E-state index is 0.0249. The van der Waals surface area contributed by atoms with Crippen LogP contribution in [-0.2, 0) is 6.18 Å². The SMILES string of the molecule is CC(=O)n1cc(C#N)c(-c2ccccc2C(F)(F)F)c1. The maximum absolute atomic E-state index is 13.0. The van der Waals surface area contributed by atoms with Gasteiger partial charge in [-0.1, -0.05) is 18.2 Å². The Morgan fingerprint density at radius 2 is 1.85 bits per heavy atom. The van der Waals surface area contributed by atoms with Crippen molar-refractivity contribution in [3.8, 4) is 17.2 Å². The molecule has 0 bridgehead atoms. The van der Waals surface area contributed by atoms with E-state index in [2.05, 4.69) is 0 Å². The van der Waals surface area contributed by atoms with E-state index >= 15 is 0 Å². The normalized spacial score (nSPS) is 11.2. The number of aromatic nitrogens is 1. The van der Waals surface area contributed by atoms with E-state index < -0.39 is 11.7 Å². The van der Waals surface area contributed by atoms with Gasteiger partial charge in [-0.3, -0.25) is 9.36 Å². The number of nitrogens with zero attached hydrogens (tertiary/aromatic N) is 2. The van der Waals surface area contributed by atoms with Crippen molar-refractivity contribution in [3.05, 3.63) is 47.8 Å². The minimum atomic E-state index is -4.53. The quantitative estimate of drug-likeness (QED) is 0.798. The van der Waals surface area contributed by atoms with Crippen LogP contribution in [0, 0.1) is 11.3 Å². The molecular weight excluding hydrogens is 269 g/mol. The standard InChI is InChI=1S/C14H9F3N2O/c1-9(20)19-7-10(6-18)12(8-19)11-4-2-3-5-13(11)14(15,16)17/h2-5,7-8H,1H3. The van der Waals surface area contributed by atoms with Crippen LogP contribution in [-0.4, -0.2) is 10.5 Å². The molecule has 2 rings (SSSR count). The fourth-order valence-corrected chi connectivity index (χ4v) is 1.91. The highest BCUT2D eigenvalue weighted by atomic mass is 19.4. The summed E-state index contributed by atoms with van der Waals surface area (Å²) in [5, 5.41) is 9.01. The Morgan fingerprint density at radius 1 is 1.20 bits per heavy atom. The van der Waals surface area contributed by atoms with Crippen LogP contribution in [0.1, 0.15) is 22.8 Å². The summed E-state index contributed by atoms with van der Waals surface area (Å²) in [6, 6.07) is 6.77. The lowest BCUT2D eigenvalue weighted by Crippen LogP contribution is -2.07. The molecule has 6 heteroatoms. The molecule has 0 saturated heterocycles. The smallest absolute Gasteiger partial charge is 0.293 e. The van der Waals surface area contributed by atoms with Crippen molar-refractivity contribution < 1.29 is 18.0 Å². The lowest BCUT2D eigenvalue weighted by Gasteiger charge is -2.11. The van der Waals surface area contributed by atoms with Gasteiger partial charge in [0.05, 0.1) is 11.1 Å². The Kier molecular flexibility index (Phi) is 3.36. The molecule has 0 aliphatic carbocycles. The minimum Gasteiger partial charge on any atom is -0.293 e. The first-order valence-corrected chi connectivity index (χ1v) is 5.64. The molecule has 102 valence electrons. The predicted molar refractivity (Wildman–Crippen MR) is 65.9 cm³/mol. The second kappa shape index (κ2) is 4.85. The average Bonchev–Trinajstić information content (AvgIpc) is 2.82. The van der Waals surface area contributed by atoms with Gasteiger partial charge >= 0.3 is 6.18 Å². The Balaban J connectivity index is 2.70. The summed E-state index contributed by atoms with van der Waals surface area (Å²) in [7, 11) is 0. The molecule has 0 unspecified atom stereocenters. The fraction of sp³-hybridized carbons (Fsp3) is 0.143. The first kappa shape index (κ1) is 13.9. The summed E-state index contributed by atoms with van der Waals surface area (Å²) in [6.45, 7) is 1.26. The number of hydrogen-bond donors (Lipinski definition) is 0. The third kappa shape index (κ3) is 2.43. The summed E-state index contributed by atoms with van der Waals surface area (Å²) in [6.07, 6.45) is -2.06. The van der Waals surface area contributed by atoms with Crippen LogP contribution >= 0.6 is 0 Å². The molecule has 1 aromatic carbocycles. The van der Waals surface area contributed by atoms with Crippen molar-refractivity contribution in [3.63, 3.8) is 0 Å². The molecule has 2 aromatic rings. The maximum Gasteiger partial charge on any atom is 0.417 e. The molecule has 0 fully saturated rings. The first-order valence-electron chi connectivity index (χ1n) is 5.64. The summed E-state index contributed by atoms with van der Waals surface area (Å²) in [4.78, 5) is 11.3. The highest BCUT2D eigenvalue weighted by Gasteiger charge is 2.34. The van der Waals surface area contributed by atoms with Crippen molar-refractivity contribution >= 4 is 5.91 Å². The van der Waals surface area contributed by atoms with Gasteiger partial charge in [0.1, 0.15) is 6.07 Å². The molecule has 0 N–H and O–H groups in total. The van der Waals surface area contributed by atoms with Gasteiger partial charge in [-0.25, -0.2) is 0 Å². The van der Waals surface area contributed by atoms with E-state index in [1.165, 1.54) is 37.5 Å². The van der Waals surface area contributed by atoms with Crippen LogP contribution in [0.3, 0.4) is 0 Å². The topological polar surface area (TPSA) is 45.8 Å². The summed E-state index contributed by atoms with van der Waals surface area (Å²) in [5.74, 6) is -0.378. The van der Waals surface area contributed by atoms with Crippen LogP contribution in [0.4, 0.5) is 13.2 Å². The van der Waals surface area contributed by atoms with Crippen LogP contribution in [0.5, 0.6) is 0 Å². The molecule has 0 atom stereocenters. The van der Waals surface area contributed by atoms with Gasteiger partial charge in [-0.15, -0.1) is 0 Å². The lowest BCUT2D eigenvalue weighted by atomic mass is 9.99. The van der Waals surface area contributed by atoms with E-state index in [0.29, 0.717) is 0 Å². The van der Waals surface area contributed by atoms with E-state index in [1.54, 1.807) is 0 Å². The van der Waals surface area contributed by atoms with E-state index in [4.69, 9.17) is 5.26 Å². The predicted octanol–water partition coefficient (Wildman–Crippen LogP) is 3.71. The van der Waals surface area contributed by atoms with E-state index in [9.17, 15) is 18.0 Å². The monoisotopic (exact) mass is 278 g/mol. The van der Waals surface area contributed by atoms with Crippen molar-refractivity contribution in [2.24, 2.45) is 0 Å². The number of carbonyl (C=O) groups excluding carboxylic acids is 1. The van der Waals surface area contributed by atoms with Gasteiger partial charge in [0.2, 0.25) is 5.91 Å².